The maximum atomic E-state index is 13.6. The van der Waals surface area contributed by atoms with E-state index >= 15 is 0 Å². The Kier molecular flexibility index (Phi) is 4.17. The van der Waals surface area contributed by atoms with Crippen LogP contribution in [-0.2, 0) is 9.59 Å². The van der Waals surface area contributed by atoms with E-state index in [1.54, 1.807) is 25.1 Å². The SMILES string of the molecule is Cc1ccc(F)c(NC(=O)[C@H]2CC=CC[C@@H]2C(=O)O)c1. The van der Waals surface area contributed by atoms with E-state index in [0.717, 1.165) is 5.56 Å². The molecule has 106 valence electrons. The number of amides is 1. The molecule has 1 aromatic carbocycles. The largest absolute Gasteiger partial charge is 0.481 e. The maximum absolute atomic E-state index is 13.6. The summed E-state index contributed by atoms with van der Waals surface area (Å²) in [6.07, 6.45) is 4.23. The van der Waals surface area contributed by atoms with Crippen LogP contribution in [-0.4, -0.2) is 17.0 Å². The van der Waals surface area contributed by atoms with E-state index in [1.807, 2.05) is 0 Å². The van der Waals surface area contributed by atoms with Gasteiger partial charge in [-0.15, -0.1) is 0 Å². The van der Waals surface area contributed by atoms with Gasteiger partial charge in [-0.25, -0.2) is 4.39 Å². The van der Waals surface area contributed by atoms with Crippen LogP contribution in [0.2, 0.25) is 0 Å². The topological polar surface area (TPSA) is 66.4 Å². The van der Waals surface area contributed by atoms with Crippen molar-refractivity contribution in [3.05, 3.63) is 41.7 Å². The average Bonchev–Trinajstić information content (AvgIpc) is 2.42. The Bertz CT molecular complexity index is 568. The van der Waals surface area contributed by atoms with Crippen molar-refractivity contribution in [3.8, 4) is 0 Å². The number of halogens is 1. The van der Waals surface area contributed by atoms with Crippen molar-refractivity contribution in [1.29, 1.82) is 0 Å². The molecule has 0 heterocycles. The number of nitrogens with one attached hydrogen (secondary N) is 1. The average molecular weight is 277 g/mol. The number of carbonyl (C=O) groups excluding carboxylic acids is 1. The van der Waals surface area contributed by atoms with Crippen molar-refractivity contribution in [3.63, 3.8) is 0 Å². The minimum absolute atomic E-state index is 0.0914. The predicted octanol–water partition coefficient (Wildman–Crippen LogP) is 2.74. The van der Waals surface area contributed by atoms with Crippen LogP contribution >= 0.6 is 0 Å². The summed E-state index contributed by atoms with van der Waals surface area (Å²) in [7, 11) is 0. The molecule has 0 fully saturated rings. The van der Waals surface area contributed by atoms with Crippen molar-refractivity contribution in [2.24, 2.45) is 11.8 Å². The third-order valence-corrected chi connectivity index (χ3v) is 3.47. The number of aryl methyl sites for hydroxylation is 1. The second-order valence-corrected chi connectivity index (χ2v) is 4.97. The molecule has 0 aromatic heterocycles. The molecular weight excluding hydrogens is 261 g/mol. The van der Waals surface area contributed by atoms with Gasteiger partial charge in [-0.3, -0.25) is 9.59 Å². The molecule has 20 heavy (non-hydrogen) atoms. The lowest BCUT2D eigenvalue weighted by molar-refractivity contribution is -0.146. The van der Waals surface area contributed by atoms with Crippen LogP contribution in [0.1, 0.15) is 18.4 Å². The van der Waals surface area contributed by atoms with E-state index in [2.05, 4.69) is 5.32 Å². The van der Waals surface area contributed by atoms with Gasteiger partial charge in [0, 0.05) is 0 Å². The highest BCUT2D eigenvalue weighted by Gasteiger charge is 2.34. The molecule has 0 radical (unpaired) electrons. The summed E-state index contributed by atoms with van der Waals surface area (Å²) in [5.41, 5.74) is 0.911. The lowest BCUT2D eigenvalue weighted by atomic mass is 9.82. The molecular formula is C15H16FNO3. The number of anilines is 1. The number of allylic oxidation sites excluding steroid dienone is 2. The summed E-state index contributed by atoms with van der Waals surface area (Å²) >= 11 is 0. The highest BCUT2D eigenvalue weighted by atomic mass is 19.1. The normalized spacial score (nSPS) is 21.5. The summed E-state index contributed by atoms with van der Waals surface area (Å²) in [6.45, 7) is 1.79. The standard InChI is InChI=1S/C15H16FNO3/c1-9-6-7-12(16)13(8-9)17-14(18)10-4-2-3-5-11(10)15(19)20/h2-3,6-8,10-11H,4-5H2,1H3,(H,17,18)(H,19,20)/t10-,11-/m0/s1. The van der Waals surface area contributed by atoms with Crippen LogP contribution in [0.3, 0.4) is 0 Å². The fraction of sp³-hybridized carbons (Fsp3) is 0.333. The molecule has 1 aromatic rings. The smallest absolute Gasteiger partial charge is 0.307 e. The number of carboxylic acids is 1. The molecule has 0 spiro atoms. The van der Waals surface area contributed by atoms with Gasteiger partial charge in [-0.1, -0.05) is 18.2 Å². The first-order valence-electron chi connectivity index (χ1n) is 6.44. The molecule has 2 atom stereocenters. The number of hydrogen-bond donors (Lipinski definition) is 2. The number of carboxylic acid groups (broad SMARTS) is 1. The summed E-state index contributed by atoms with van der Waals surface area (Å²) in [5.74, 6) is -3.40. The Balaban J connectivity index is 2.16. The zero-order chi connectivity index (χ0) is 14.7. The van der Waals surface area contributed by atoms with Crippen LogP contribution in [0, 0.1) is 24.6 Å². The quantitative estimate of drug-likeness (QED) is 0.835. The zero-order valence-corrected chi connectivity index (χ0v) is 11.1. The van der Waals surface area contributed by atoms with E-state index in [9.17, 15) is 14.0 Å². The Morgan fingerprint density at radius 3 is 2.55 bits per heavy atom. The van der Waals surface area contributed by atoms with Gasteiger partial charge in [0.25, 0.3) is 0 Å². The van der Waals surface area contributed by atoms with Crippen molar-refractivity contribution in [1.82, 2.24) is 0 Å². The summed E-state index contributed by atoms with van der Waals surface area (Å²) in [5, 5.41) is 11.6. The number of hydrogen-bond acceptors (Lipinski definition) is 2. The molecule has 0 saturated carbocycles. The van der Waals surface area contributed by atoms with Crippen LogP contribution in [0.4, 0.5) is 10.1 Å². The molecule has 5 heteroatoms. The van der Waals surface area contributed by atoms with Crippen LogP contribution in [0.15, 0.2) is 30.4 Å². The van der Waals surface area contributed by atoms with Gasteiger partial charge >= 0.3 is 5.97 Å². The highest BCUT2D eigenvalue weighted by Crippen LogP contribution is 2.27. The second kappa shape index (κ2) is 5.86. The maximum Gasteiger partial charge on any atom is 0.307 e. The lowest BCUT2D eigenvalue weighted by Gasteiger charge is -2.24. The molecule has 0 aliphatic heterocycles. The molecule has 0 unspecified atom stereocenters. The molecule has 4 nitrogen and oxygen atoms in total. The molecule has 0 saturated heterocycles. The molecule has 1 amide bonds. The molecule has 2 rings (SSSR count). The number of aliphatic carboxylic acids is 1. The number of carbonyl (C=O) groups is 2. The third-order valence-electron chi connectivity index (χ3n) is 3.47. The monoisotopic (exact) mass is 277 g/mol. The predicted molar refractivity (Wildman–Crippen MR) is 72.8 cm³/mol. The minimum atomic E-state index is -1.00. The summed E-state index contributed by atoms with van der Waals surface area (Å²) in [6, 6.07) is 4.41. The van der Waals surface area contributed by atoms with Crippen LogP contribution in [0.5, 0.6) is 0 Å². The van der Waals surface area contributed by atoms with E-state index in [0.29, 0.717) is 12.8 Å². The van der Waals surface area contributed by atoms with Crippen LogP contribution < -0.4 is 5.32 Å². The van der Waals surface area contributed by atoms with E-state index in [4.69, 9.17) is 5.11 Å². The van der Waals surface area contributed by atoms with Gasteiger partial charge in [0.2, 0.25) is 5.91 Å². The summed E-state index contributed by atoms with van der Waals surface area (Å²) < 4.78 is 13.6. The van der Waals surface area contributed by atoms with Gasteiger partial charge in [-0.2, -0.15) is 0 Å². The Morgan fingerprint density at radius 1 is 1.25 bits per heavy atom. The number of benzene rings is 1. The first-order valence-corrected chi connectivity index (χ1v) is 6.44. The first kappa shape index (κ1) is 14.2. The summed E-state index contributed by atoms with van der Waals surface area (Å²) in [4.78, 5) is 23.3. The molecule has 1 aliphatic rings. The van der Waals surface area contributed by atoms with Gasteiger partial charge in [-0.05, 0) is 37.5 Å². The van der Waals surface area contributed by atoms with Gasteiger partial charge in [0.05, 0.1) is 17.5 Å². The zero-order valence-electron chi connectivity index (χ0n) is 11.1. The Hall–Kier alpha value is -2.17. The van der Waals surface area contributed by atoms with E-state index < -0.39 is 29.5 Å². The van der Waals surface area contributed by atoms with Crippen molar-refractivity contribution in [2.45, 2.75) is 19.8 Å². The fourth-order valence-corrected chi connectivity index (χ4v) is 2.34. The third kappa shape index (κ3) is 3.04. The molecule has 0 bridgehead atoms. The van der Waals surface area contributed by atoms with Gasteiger partial charge in [0.1, 0.15) is 5.82 Å². The van der Waals surface area contributed by atoms with Crippen LogP contribution in [0.25, 0.3) is 0 Å². The van der Waals surface area contributed by atoms with Gasteiger partial charge < -0.3 is 10.4 Å². The second-order valence-electron chi connectivity index (χ2n) is 4.97. The molecule has 1 aliphatic carbocycles. The van der Waals surface area contributed by atoms with Crippen molar-refractivity contribution >= 4 is 17.6 Å². The number of rotatable bonds is 3. The lowest BCUT2D eigenvalue weighted by Crippen LogP contribution is -2.34. The highest BCUT2D eigenvalue weighted by molar-refractivity contribution is 5.95. The Labute approximate surface area is 116 Å². The Morgan fingerprint density at radius 2 is 1.90 bits per heavy atom. The first-order chi connectivity index (χ1) is 9.49. The van der Waals surface area contributed by atoms with Crippen molar-refractivity contribution < 1.29 is 19.1 Å². The van der Waals surface area contributed by atoms with Gasteiger partial charge in [0.15, 0.2) is 0 Å². The fourth-order valence-electron chi connectivity index (χ4n) is 2.34. The molecule has 2 N–H and O–H groups in total. The minimum Gasteiger partial charge on any atom is -0.481 e. The van der Waals surface area contributed by atoms with E-state index in [1.165, 1.54) is 12.1 Å². The van der Waals surface area contributed by atoms with E-state index in [-0.39, 0.29) is 5.69 Å². The van der Waals surface area contributed by atoms with Crippen molar-refractivity contribution in [2.75, 3.05) is 5.32 Å².